The summed E-state index contributed by atoms with van der Waals surface area (Å²) in [6, 6.07) is 5.64. The summed E-state index contributed by atoms with van der Waals surface area (Å²) in [6.07, 6.45) is 4.42. The Hall–Kier alpha value is -1.27. The van der Waals surface area contributed by atoms with E-state index in [9.17, 15) is 8.42 Å². The van der Waals surface area contributed by atoms with Crippen molar-refractivity contribution in [1.29, 1.82) is 0 Å². The van der Waals surface area contributed by atoms with E-state index < -0.39 is 10.2 Å². The Balaban J connectivity index is 2.97. The Kier molecular flexibility index (Phi) is 7.85. The van der Waals surface area contributed by atoms with Crippen LogP contribution in [0.3, 0.4) is 0 Å². The highest BCUT2D eigenvalue weighted by molar-refractivity contribution is 7.90. The zero-order valence-corrected chi connectivity index (χ0v) is 15.6. The van der Waals surface area contributed by atoms with Gasteiger partial charge in [-0.25, -0.2) is 0 Å². The maximum atomic E-state index is 12.4. The van der Waals surface area contributed by atoms with E-state index in [-0.39, 0.29) is 0 Å². The van der Waals surface area contributed by atoms with Crippen molar-refractivity contribution >= 4 is 21.6 Å². The van der Waals surface area contributed by atoms with Crippen LogP contribution in [0, 0.1) is 5.92 Å². The molecule has 5 nitrogen and oxygen atoms in total. The van der Waals surface area contributed by atoms with Crippen LogP contribution in [-0.4, -0.2) is 25.8 Å². The zero-order chi connectivity index (χ0) is 17.5. The number of hydrogen-bond acceptors (Lipinski definition) is 3. The van der Waals surface area contributed by atoms with Crippen LogP contribution in [0.25, 0.3) is 0 Å². The van der Waals surface area contributed by atoms with Gasteiger partial charge in [-0.1, -0.05) is 53.0 Å². The van der Waals surface area contributed by atoms with Crippen LogP contribution in [0.2, 0.25) is 0 Å². The molecular weight excluding hydrogens is 310 g/mol. The normalized spacial score (nSPS) is 13.3. The summed E-state index contributed by atoms with van der Waals surface area (Å²) in [4.78, 5) is 0. The summed E-state index contributed by atoms with van der Waals surface area (Å²) in [6.45, 7) is 8.88. The van der Waals surface area contributed by atoms with Crippen molar-refractivity contribution in [3.63, 3.8) is 0 Å². The minimum Gasteiger partial charge on any atom is -0.397 e. The van der Waals surface area contributed by atoms with E-state index in [0.717, 1.165) is 24.8 Å². The first kappa shape index (κ1) is 19.8. The Morgan fingerprint density at radius 2 is 1.83 bits per heavy atom. The second-order valence-electron chi connectivity index (χ2n) is 5.88. The average Bonchev–Trinajstić information content (AvgIpc) is 2.50. The Morgan fingerprint density at radius 1 is 1.17 bits per heavy atom. The highest BCUT2D eigenvalue weighted by Crippen LogP contribution is 2.25. The molecule has 1 aromatic rings. The lowest BCUT2D eigenvalue weighted by Crippen LogP contribution is -2.35. The van der Waals surface area contributed by atoms with Crippen LogP contribution in [0.5, 0.6) is 0 Å². The van der Waals surface area contributed by atoms with Gasteiger partial charge in [-0.15, -0.1) is 0 Å². The Labute approximate surface area is 141 Å². The molecule has 0 bridgehead atoms. The molecule has 0 aliphatic heterocycles. The largest absolute Gasteiger partial charge is 0.397 e. The second-order valence-corrected chi connectivity index (χ2v) is 7.55. The topological polar surface area (TPSA) is 75.4 Å². The molecular formula is C17H31N3O2S. The van der Waals surface area contributed by atoms with Gasteiger partial charge in [-0.3, -0.25) is 4.72 Å². The minimum atomic E-state index is -3.56. The fourth-order valence-electron chi connectivity index (χ4n) is 2.78. The van der Waals surface area contributed by atoms with Gasteiger partial charge in [0, 0.05) is 13.1 Å². The number of nitrogens with two attached hydrogens (primary N) is 1. The molecule has 0 aromatic heterocycles. The summed E-state index contributed by atoms with van der Waals surface area (Å²) in [5, 5.41) is 0. The van der Waals surface area contributed by atoms with Crippen molar-refractivity contribution in [3.05, 3.63) is 23.8 Å². The Morgan fingerprint density at radius 3 is 2.35 bits per heavy atom. The molecule has 0 aliphatic rings. The van der Waals surface area contributed by atoms with E-state index in [4.69, 9.17) is 5.73 Å². The number of hydrogen-bond donors (Lipinski definition) is 2. The lowest BCUT2D eigenvalue weighted by atomic mass is 9.92. The molecule has 1 aromatic carbocycles. The molecule has 3 N–H and O–H groups in total. The summed E-state index contributed by atoms with van der Waals surface area (Å²) in [5.41, 5.74) is 8.00. The van der Waals surface area contributed by atoms with Crippen molar-refractivity contribution in [1.82, 2.24) is 4.31 Å². The average molecular weight is 342 g/mol. The van der Waals surface area contributed by atoms with Crippen molar-refractivity contribution in [2.45, 2.75) is 53.4 Å². The predicted molar refractivity (Wildman–Crippen MR) is 98.7 cm³/mol. The van der Waals surface area contributed by atoms with Crippen LogP contribution in [0.1, 0.15) is 52.5 Å². The molecule has 0 saturated carbocycles. The van der Waals surface area contributed by atoms with E-state index in [1.54, 1.807) is 6.07 Å². The number of rotatable bonds is 10. The maximum Gasteiger partial charge on any atom is 0.301 e. The van der Waals surface area contributed by atoms with E-state index in [0.29, 0.717) is 30.4 Å². The fraction of sp³-hybridized carbons (Fsp3) is 0.647. The molecule has 1 rings (SSSR count). The Bertz CT molecular complexity index is 584. The van der Waals surface area contributed by atoms with E-state index >= 15 is 0 Å². The maximum absolute atomic E-state index is 12.4. The number of nitrogen functional groups attached to an aromatic ring is 1. The van der Waals surface area contributed by atoms with Gasteiger partial charge < -0.3 is 5.73 Å². The van der Waals surface area contributed by atoms with Gasteiger partial charge in [0.05, 0.1) is 11.4 Å². The second kappa shape index (κ2) is 9.13. The van der Waals surface area contributed by atoms with Crippen LogP contribution in [0.15, 0.2) is 18.2 Å². The third kappa shape index (κ3) is 5.70. The van der Waals surface area contributed by atoms with E-state index in [2.05, 4.69) is 18.6 Å². The third-order valence-electron chi connectivity index (χ3n) is 4.20. The van der Waals surface area contributed by atoms with Crippen LogP contribution in [0.4, 0.5) is 11.4 Å². The molecule has 132 valence electrons. The lowest BCUT2D eigenvalue weighted by molar-refractivity contribution is 0.449. The summed E-state index contributed by atoms with van der Waals surface area (Å²) in [5.74, 6) is 0.621. The van der Waals surface area contributed by atoms with Crippen molar-refractivity contribution in [2.75, 3.05) is 23.5 Å². The van der Waals surface area contributed by atoms with Gasteiger partial charge in [-0.2, -0.15) is 12.7 Å². The van der Waals surface area contributed by atoms with Crippen molar-refractivity contribution in [3.8, 4) is 0 Å². The third-order valence-corrected chi connectivity index (χ3v) is 5.87. The molecule has 1 atom stereocenters. The number of nitrogens with one attached hydrogen (secondary N) is 1. The molecule has 0 fully saturated rings. The van der Waals surface area contributed by atoms with Crippen molar-refractivity contribution in [2.24, 2.45) is 5.92 Å². The number of anilines is 2. The van der Waals surface area contributed by atoms with Crippen LogP contribution < -0.4 is 10.5 Å². The first-order valence-electron chi connectivity index (χ1n) is 8.54. The monoisotopic (exact) mass is 341 g/mol. The molecule has 0 heterocycles. The molecule has 0 aliphatic carbocycles. The number of benzene rings is 1. The van der Waals surface area contributed by atoms with Gasteiger partial charge >= 0.3 is 10.2 Å². The first-order chi connectivity index (χ1) is 10.9. The van der Waals surface area contributed by atoms with E-state index in [1.165, 1.54) is 10.7 Å². The molecule has 6 heteroatoms. The summed E-state index contributed by atoms with van der Waals surface area (Å²) < 4.78 is 28.7. The molecule has 0 spiro atoms. The number of nitrogens with zero attached hydrogens (tertiary/aromatic N) is 1. The minimum absolute atomic E-state index is 0.430. The highest BCUT2D eigenvalue weighted by Gasteiger charge is 2.19. The SMILES string of the molecule is CCCC(CC)Cc1ccc(N)c(NS(=O)(=O)N(CC)CC)c1. The van der Waals surface area contributed by atoms with Gasteiger partial charge in [0.25, 0.3) is 0 Å². The standard InChI is InChI=1S/C17H31N3O2S/c1-5-9-14(6-2)12-15-10-11-16(18)17(13-15)19-23(21,22)20(7-3)8-4/h10-11,13-14,19H,5-9,12,18H2,1-4H3. The van der Waals surface area contributed by atoms with Crippen molar-refractivity contribution < 1.29 is 8.42 Å². The van der Waals surface area contributed by atoms with Crippen LogP contribution in [-0.2, 0) is 16.6 Å². The quantitative estimate of drug-likeness (QED) is 0.638. The summed E-state index contributed by atoms with van der Waals surface area (Å²) in [7, 11) is -3.56. The first-order valence-corrected chi connectivity index (χ1v) is 9.98. The summed E-state index contributed by atoms with van der Waals surface area (Å²) >= 11 is 0. The molecule has 0 radical (unpaired) electrons. The molecule has 1 unspecified atom stereocenters. The van der Waals surface area contributed by atoms with Gasteiger partial charge in [0.2, 0.25) is 0 Å². The molecule has 0 amide bonds. The predicted octanol–water partition coefficient (Wildman–Crippen LogP) is 3.64. The fourth-order valence-corrected chi connectivity index (χ4v) is 4.04. The zero-order valence-electron chi connectivity index (χ0n) is 14.8. The lowest BCUT2D eigenvalue weighted by Gasteiger charge is -2.21. The van der Waals surface area contributed by atoms with Crippen LogP contribution >= 0.6 is 0 Å². The molecule has 0 saturated heterocycles. The molecule has 23 heavy (non-hydrogen) atoms. The van der Waals surface area contributed by atoms with Gasteiger partial charge in [0.15, 0.2) is 0 Å². The van der Waals surface area contributed by atoms with Gasteiger partial charge in [-0.05, 0) is 30.0 Å². The smallest absolute Gasteiger partial charge is 0.301 e. The van der Waals surface area contributed by atoms with E-state index in [1.807, 2.05) is 26.0 Å². The highest BCUT2D eigenvalue weighted by atomic mass is 32.2. The van der Waals surface area contributed by atoms with Gasteiger partial charge in [0.1, 0.15) is 0 Å².